The summed E-state index contributed by atoms with van der Waals surface area (Å²) < 4.78 is 13.3. The third-order valence-corrected chi connectivity index (χ3v) is 5.21. The highest BCUT2D eigenvalue weighted by molar-refractivity contribution is 6.04. The van der Waals surface area contributed by atoms with Gasteiger partial charge in [-0.25, -0.2) is 4.79 Å². The predicted octanol–water partition coefficient (Wildman–Crippen LogP) is 2.10. The lowest BCUT2D eigenvalue weighted by Crippen LogP contribution is -2.56. The molecule has 1 N–H and O–H groups in total. The van der Waals surface area contributed by atoms with Gasteiger partial charge in [-0.3, -0.25) is 4.57 Å². The van der Waals surface area contributed by atoms with E-state index < -0.39 is 0 Å². The second-order valence-corrected chi connectivity index (χ2v) is 7.11. The van der Waals surface area contributed by atoms with Crippen LogP contribution in [0.25, 0.3) is 16.7 Å². The van der Waals surface area contributed by atoms with E-state index in [1.54, 1.807) is 12.4 Å². The van der Waals surface area contributed by atoms with E-state index >= 15 is 0 Å². The van der Waals surface area contributed by atoms with Crippen molar-refractivity contribution in [3.05, 3.63) is 54.4 Å². The number of rotatable bonds is 3. The minimum Gasteiger partial charge on any atom is -0.459 e. The van der Waals surface area contributed by atoms with Gasteiger partial charge in [0.15, 0.2) is 5.82 Å². The molecule has 27 heavy (non-hydrogen) atoms. The van der Waals surface area contributed by atoms with Gasteiger partial charge in [-0.05, 0) is 18.2 Å². The van der Waals surface area contributed by atoms with E-state index in [2.05, 4.69) is 15.5 Å². The van der Waals surface area contributed by atoms with Gasteiger partial charge in [-0.2, -0.15) is 5.10 Å². The van der Waals surface area contributed by atoms with Crippen LogP contribution in [0.2, 0.25) is 0 Å². The zero-order valence-corrected chi connectivity index (χ0v) is 14.7. The van der Waals surface area contributed by atoms with Crippen LogP contribution in [-0.2, 0) is 9.47 Å². The molecular formula is C20H20N4O3. The van der Waals surface area contributed by atoms with Crippen molar-refractivity contribution < 1.29 is 14.3 Å². The van der Waals surface area contributed by atoms with Gasteiger partial charge in [0.1, 0.15) is 6.10 Å². The van der Waals surface area contributed by atoms with Crippen molar-refractivity contribution in [2.24, 2.45) is 0 Å². The Kier molecular flexibility index (Phi) is 4.10. The fourth-order valence-electron chi connectivity index (χ4n) is 4.05. The fourth-order valence-corrected chi connectivity index (χ4v) is 4.05. The first-order valence-electron chi connectivity index (χ1n) is 9.21. The minimum absolute atomic E-state index is 0.0868. The lowest BCUT2D eigenvalue weighted by atomic mass is 9.94. The summed E-state index contributed by atoms with van der Waals surface area (Å²) in [6.45, 7) is 1.35. The summed E-state index contributed by atoms with van der Waals surface area (Å²) in [6, 6.07) is 12.0. The molecule has 138 valence electrons. The van der Waals surface area contributed by atoms with Crippen LogP contribution in [0.1, 0.15) is 23.2 Å². The number of carbonyl (C=O) groups excluding carboxylic acids is 1. The molecule has 4 heterocycles. The van der Waals surface area contributed by atoms with Crippen molar-refractivity contribution in [3.63, 3.8) is 0 Å². The summed E-state index contributed by atoms with van der Waals surface area (Å²) in [7, 11) is 0. The van der Waals surface area contributed by atoms with E-state index in [0.717, 1.165) is 23.7 Å². The second kappa shape index (κ2) is 6.75. The van der Waals surface area contributed by atoms with Gasteiger partial charge in [0, 0.05) is 42.7 Å². The van der Waals surface area contributed by atoms with Crippen LogP contribution in [0.15, 0.2) is 48.8 Å². The fraction of sp³-hybridized carbons (Fsp3) is 0.350. The van der Waals surface area contributed by atoms with E-state index in [9.17, 15) is 4.79 Å². The molecule has 1 aromatic carbocycles. The molecule has 2 bridgehead atoms. The topological polar surface area (TPSA) is 78.3 Å². The normalized spacial score (nSPS) is 24.7. The number of piperidine rings is 1. The van der Waals surface area contributed by atoms with Crippen LogP contribution >= 0.6 is 0 Å². The number of carbonyl (C=O) groups is 1. The highest BCUT2D eigenvalue weighted by Crippen LogP contribution is 2.27. The van der Waals surface area contributed by atoms with Crippen molar-refractivity contribution in [2.45, 2.75) is 31.0 Å². The Bertz CT molecular complexity index is 960. The van der Waals surface area contributed by atoms with Crippen LogP contribution in [-0.4, -0.2) is 52.1 Å². The summed E-state index contributed by atoms with van der Waals surface area (Å²) >= 11 is 0. The number of ether oxygens (including phenoxy) is 2. The molecule has 0 unspecified atom stereocenters. The van der Waals surface area contributed by atoms with E-state index in [1.165, 1.54) is 0 Å². The van der Waals surface area contributed by atoms with Gasteiger partial charge in [-0.1, -0.05) is 18.2 Å². The summed E-state index contributed by atoms with van der Waals surface area (Å²) in [6.07, 6.45) is 4.90. The van der Waals surface area contributed by atoms with E-state index in [0.29, 0.717) is 24.6 Å². The number of hydrogen-bond acceptors (Lipinski definition) is 6. The number of esters is 1. The molecule has 2 aliphatic rings. The van der Waals surface area contributed by atoms with Crippen molar-refractivity contribution in [3.8, 4) is 5.82 Å². The lowest BCUT2D eigenvalue weighted by molar-refractivity contribution is -0.0339. The molecule has 2 fully saturated rings. The molecule has 0 saturated carbocycles. The largest absolute Gasteiger partial charge is 0.459 e. The zero-order chi connectivity index (χ0) is 18.2. The quantitative estimate of drug-likeness (QED) is 0.717. The maximum absolute atomic E-state index is 13.0. The Morgan fingerprint density at radius 1 is 1.15 bits per heavy atom. The number of fused-ring (bicyclic) bond motifs is 3. The zero-order valence-electron chi connectivity index (χ0n) is 14.7. The Morgan fingerprint density at radius 2 is 1.96 bits per heavy atom. The highest BCUT2D eigenvalue weighted by Gasteiger charge is 2.34. The molecule has 7 nitrogen and oxygen atoms in total. The first kappa shape index (κ1) is 16.4. The molecule has 0 radical (unpaired) electrons. The highest BCUT2D eigenvalue weighted by atomic mass is 16.5. The van der Waals surface area contributed by atoms with E-state index in [1.807, 2.05) is 41.0 Å². The summed E-state index contributed by atoms with van der Waals surface area (Å²) in [4.78, 5) is 13.0. The molecule has 2 aromatic heterocycles. The van der Waals surface area contributed by atoms with Crippen LogP contribution < -0.4 is 5.32 Å². The lowest BCUT2D eigenvalue weighted by Gasteiger charge is -2.39. The van der Waals surface area contributed by atoms with Crippen molar-refractivity contribution in [1.29, 1.82) is 0 Å². The van der Waals surface area contributed by atoms with Crippen LogP contribution in [0.5, 0.6) is 0 Å². The Hall–Kier alpha value is -2.77. The molecule has 0 amide bonds. The van der Waals surface area contributed by atoms with Gasteiger partial charge in [0.25, 0.3) is 0 Å². The van der Waals surface area contributed by atoms with Crippen LogP contribution in [0.4, 0.5) is 0 Å². The summed E-state index contributed by atoms with van der Waals surface area (Å²) in [5, 5.41) is 12.5. The van der Waals surface area contributed by atoms with Crippen molar-refractivity contribution in [2.75, 3.05) is 13.2 Å². The summed E-state index contributed by atoms with van der Waals surface area (Å²) in [5.74, 6) is 0.376. The third-order valence-electron chi connectivity index (χ3n) is 5.21. The smallest absolute Gasteiger partial charge is 0.340 e. The monoisotopic (exact) mass is 364 g/mol. The van der Waals surface area contributed by atoms with Crippen LogP contribution in [0.3, 0.4) is 0 Å². The standard InChI is InChI=1S/C20H20N4O3/c25-20(27-15-8-13-11-26-12-14(9-15)22-13)17-10-24(19-6-3-7-21-23-19)18-5-2-1-4-16(17)18/h1-7,10,13-15,22H,8-9,11-12H2/t13-,14+,15-. The predicted molar refractivity (Wildman–Crippen MR) is 98.8 cm³/mol. The average Bonchev–Trinajstić information content (AvgIpc) is 3.08. The maximum atomic E-state index is 13.0. The number of aromatic nitrogens is 3. The van der Waals surface area contributed by atoms with Gasteiger partial charge in [0.05, 0.1) is 24.3 Å². The number of morpholine rings is 1. The third kappa shape index (κ3) is 3.09. The summed E-state index contributed by atoms with van der Waals surface area (Å²) in [5.41, 5.74) is 1.46. The molecule has 2 saturated heterocycles. The first-order valence-corrected chi connectivity index (χ1v) is 9.21. The Balaban J connectivity index is 1.45. The number of nitrogens with zero attached hydrogens (tertiary/aromatic N) is 3. The van der Waals surface area contributed by atoms with Crippen molar-refractivity contribution in [1.82, 2.24) is 20.1 Å². The van der Waals surface area contributed by atoms with Gasteiger partial charge < -0.3 is 14.8 Å². The maximum Gasteiger partial charge on any atom is 0.340 e. The number of nitrogens with one attached hydrogen (secondary N) is 1. The molecule has 0 spiro atoms. The molecule has 0 aliphatic carbocycles. The van der Waals surface area contributed by atoms with Gasteiger partial charge in [-0.15, -0.1) is 5.10 Å². The van der Waals surface area contributed by atoms with Crippen LogP contribution in [0, 0.1) is 0 Å². The minimum atomic E-state index is -0.292. The second-order valence-electron chi connectivity index (χ2n) is 7.11. The Labute approximate surface area is 156 Å². The van der Waals surface area contributed by atoms with Gasteiger partial charge in [0.2, 0.25) is 0 Å². The molecule has 3 atom stereocenters. The molecule has 3 aromatic rings. The first-order chi connectivity index (χ1) is 13.3. The molecule has 5 rings (SSSR count). The number of hydrogen-bond donors (Lipinski definition) is 1. The van der Waals surface area contributed by atoms with Crippen molar-refractivity contribution >= 4 is 16.9 Å². The Morgan fingerprint density at radius 3 is 2.74 bits per heavy atom. The molecule has 7 heteroatoms. The number of para-hydroxylation sites is 1. The SMILES string of the molecule is O=C(O[C@H]1C[C@H]2COC[C@@H](C1)N2)c1cn(-c2cccnn2)c2ccccc12. The van der Waals surface area contributed by atoms with Gasteiger partial charge >= 0.3 is 5.97 Å². The average molecular weight is 364 g/mol. The molecule has 2 aliphatic heterocycles. The molecular weight excluding hydrogens is 344 g/mol. The van der Waals surface area contributed by atoms with E-state index in [-0.39, 0.29) is 24.2 Å². The number of benzene rings is 1. The van der Waals surface area contributed by atoms with E-state index in [4.69, 9.17) is 9.47 Å².